The van der Waals surface area contributed by atoms with Crippen molar-refractivity contribution in [3.8, 4) is 0 Å². The summed E-state index contributed by atoms with van der Waals surface area (Å²) in [6.45, 7) is 3.29. The molecule has 0 aliphatic carbocycles. The molecule has 0 fully saturated rings. The maximum absolute atomic E-state index is 12.2. The summed E-state index contributed by atoms with van der Waals surface area (Å²) in [6.07, 6.45) is 4.80. The Morgan fingerprint density at radius 1 is 1.38 bits per heavy atom. The first-order valence-corrected chi connectivity index (χ1v) is 6.33. The lowest BCUT2D eigenvalue weighted by molar-refractivity contribution is -0.137. The molecule has 1 aromatic heterocycles. The highest BCUT2D eigenvalue weighted by Gasteiger charge is 2.16. The molecule has 2 aromatic rings. The van der Waals surface area contributed by atoms with Crippen molar-refractivity contribution in [3.63, 3.8) is 0 Å². The number of carbonyl (C=O) groups is 2. The van der Waals surface area contributed by atoms with E-state index in [1.165, 1.54) is 6.08 Å². The zero-order valence-electron chi connectivity index (χ0n) is 11.3. The largest absolute Gasteiger partial charge is 0.480 e. The first-order chi connectivity index (χ1) is 10.1. The number of fused-ring (bicyclic) bond motifs is 1. The van der Waals surface area contributed by atoms with Crippen molar-refractivity contribution in [2.24, 2.45) is 0 Å². The van der Waals surface area contributed by atoms with Gasteiger partial charge in [-0.3, -0.25) is 9.78 Å². The SMILES string of the molecule is C=CCN(CC(=O)O)C(=O)Nc1cccc2ccncc12. The van der Waals surface area contributed by atoms with Gasteiger partial charge in [-0.05, 0) is 17.5 Å². The number of aromatic nitrogens is 1. The van der Waals surface area contributed by atoms with E-state index in [0.717, 1.165) is 15.7 Å². The van der Waals surface area contributed by atoms with Crippen molar-refractivity contribution >= 4 is 28.5 Å². The average molecular weight is 285 g/mol. The zero-order valence-corrected chi connectivity index (χ0v) is 11.3. The third-order valence-corrected chi connectivity index (χ3v) is 2.89. The number of hydrogen-bond donors (Lipinski definition) is 2. The highest BCUT2D eigenvalue weighted by atomic mass is 16.4. The highest BCUT2D eigenvalue weighted by Crippen LogP contribution is 2.22. The van der Waals surface area contributed by atoms with Crippen LogP contribution in [0.2, 0.25) is 0 Å². The van der Waals surface area contributed by atoms with E-state index < -0.39 is 12.0 Å². The fourth-order valence-electron chi connectivity index (χ4n) is 1.96. The number of nitrogens with zero attached hydrogens (tertiary/aromatic N) is 2. The van der Waals surface area contributed by atoms with Gasteiger partial charge in [-0.15, -0.1) is 6.58 Å². The summed E-state index contributed by atoms with van der Waals surface area (Å²) in [7, 11) is 0. The first kappa shape index (κ1) is 14.5. The Bertz CT molecular complexity index is 679. The molecule has 0 radical (unpaired) electrons. The van der Waals surface area contributed by atoms with E-state index in [4.69, 9.17) is 5.11 Å². The van der Waals surface area contributed by atoms with E-state index >= 15 is 0 Å². The summed E-state index contributed by atoms with van der Waals surface area (Å²) in [5.41, 5.74) is 0.588. The summed E-state index contributed by atoms with van der Waals surface area (Å²) in [6, 6.07) is 6.81. The number of anilines is 1. The van der Waals surface area contributed by atoms with Crippen LogP contribution in [0.25, 0.3) is 10.8 Å². The van der Waals surface area contributed by atoms with Crippen molar-refractivity contribution in [1.82, 2.24) is 9.88 Å². The molecular formula is C15H15N3O3. The van der Waals surface area contributed by atoms with Gasteiger partial charge in [0.25, 0.3) is 0 Å². The van der Waals surface area contributed by atoms with E-state index in [1.807, 2.05) is 18.2 Å². The second-order valence-electron chi connectivity index (χ2n) is 4.40. The number of amides is 2. The predicted molar refractivity (Wildman–Crippen MR) is 80.2 cm³/mol. The molecule has 1 aromatic carbocycles. The maximum Gasteiger partial charge on any atom is 0.323 e. The fourth-order valence-corrected chi connectivity index (χ4v) is 1.96. The molecule has 0 saturated heterocycles. The van der Waals surface area contributed by atoms with E-state index in [-0.39, 0.29) is 13.1 Å². The second-order valence-corrected chi connectivity index (χ2v) is 4.40. The van der Waals surface area contributed by atoms with Crippen LogP contribution in [0.5, 0.6) is 0 Å². The van der Waals surface area contributed by atoms with Gasteiger partial charge in [0.05, 0.1) is 5.69 Å². The van der Waals surface area contributed by atoms with Crippen molar-refractivity contribution in [3.05, 3.63) is 49.3 Å². The summed E-state index contributed by atoms with van der Waals surface area (Å²) in [4.78, 5) is 28.1. The smallest absolute Gasteiger partial charge is 0.323 e. The third-order valence-electron chi connectivity index (χ3n) is 2.89. The van der Waals surface area contributed by atoms with Crippen molar-refractivity contribution in [2.75, 3.05) is 18.4 Å². The van der Waals surface area contributed by atoms with Crippen LogP contribution in [0.3, 0.4) is 0 Å². The topological polar surface area (TPSA) is 82.5 Å². The van der Waals surface area contributed by atoms with Gasteiger partial charge >= 0.3 is 12.0 Å². The summed E-state index contributed by atoms with van der Waals surface area (Å²) in [5, 5.41) is 13.3. The standard InChI is InChI=1S/C15H15N3O3/c1-2-8-18(10-14(19)20)15(21)17-13-5-3-4-11-6-7-16-9-12(11)13/h2-7,9H,1,8,10H2,(H,17,21)(H,19,20). The normalized spacial score (nSPS) is 10.1. The fraction of sp³-hybridized carbons (Fsp3) is 0.133. The number of carbonyl (C=O) groups excluding carboxylic acids is 1. The number of carboxylic acids is 1. The van der Waals surface area contributed by atoms with Crippen LogP contribution in [0.15, 0.2) is 49.3 Å². The van der Waals surface area contributed by atoms with Gasteiger partial charge in [0, 0.05) is 24.3 Å². The van der Waals surface area contributed by atoms with Gasteiger partial charge in [0.2, 0.25) is 0 Å². The van der Waals surface area contributed by atoms with Gasteiger partial charge in [-0.25, -0.2) is 4.79 Å². The van der Waals surface area contributed by atoms with Crippen LogP contribution >= 0.6 is 0 Å². The van der Waals surface area contributed by atoms with Gasteiger partial charge < -0.3 is 15.3 Å². The summed E-state index contributed by atoms with van der Waals surface area (Å²) >= 11 is 0. The lowest BCUT2D eigenvalue weighted by atomic mass is 10.1. The van der Waals surface area contributed by atoms with Crippen LogP contribution in [0.4, 0.5) is 10.5 Å². The van der Waals surface area contributed by atoms with E-state index in [0.29, 0.717) is 5.69 Å². The first-order valence-electron chi connectivity index (χ1n) is 6.33. The number of rotatable bonds is 5. The number of hydrogen-bond acceptors (Lipinski definition) is 3. The van der Waals surface area contributed by atoms with Crippen molar-refractivity contribution < 1.29 is 14.7 Å². The van der Waals surface area contributed by atoms with E-state index in [9.17, 15) is 9.59 Å². The van der Waals surface area contributed by atoms with Crippen LogP contribution in [0, 0.1) is 0 Å². The van der Waals surface area contributed by atoms with Gasteiger partial charge in [0.1, 0.15) is 6.54 Å². The van der Waals surface area contributed by atoms with Crippen LogP contribution in [0.1, 0.15) is 0 Å². The molecular weight excluding hydrogens is 270 g/mol. The number of pyridine rings is 1. The molecule has 0 aliphatic heterocycles. The molecule has 0 bridgehead atoms. The molecule has 0 atom stereocenters. The minimum Gasteiger partial charge on any atom is -0.480 e. The molecule has 2 amide bonds. The van der Waals surface area contributed by atoms with Crippen LogP contribution in [-0.2, 0) is 4.79 Å². The lowest BCUT2D eigenvalue weighted by Crippen LogP contribution is -2.38. The number of benzene rings is 1. The number of aliphatic carboxylic acids is 1. The molecule has 0 aliphatic rings. The monoisotopic (exact) mass is 285 g/mol. The minimum absolute atomic E-state index is 0.154. The van der Waals surface area contributed by atoms with Gasteiger partial charge in [0.15, 0.2) is 0 Å². The Kier molecular flexibility index (Phi) is 4.50. The Labute approximate surface area is 121 Å². The number of urea groups is 1. The molecule has 2 N–H and O–H groups in total. The van der Waals surface area contributed by atoms with Crippen molar-refractivity contribution in [1.29, 1.82) is 0 Å². The molecule has 21 heavy (non-hydrogen) atoms. The van der Waals surface area contributed by atoms with Crippen LogP contribution in [-0.4, -0.2) is 40.1 Å². The summed E-state index contributed by atoms with van der Waals surface area (Å²) < 4.78 is 0. The van der Waals surface area contributed by atoms with Crippen LogP contribution < -0.4 is 5.32 Å². The van der Waals surface area contributed by atoms with E-state index in [1.54, 1.807) is 18.5 Å². The minimum atomic E-state index is -1.08. The summed E-state index contributed by atoms with van der Waals surface area (Å²) in [5.74, 6) is -1.08. The molecule has 0 unspecified atom stereocenters. The predicted octanol–water partition coefficient (Wildman–Crippen LogP) is 2.34. The second kappa shape index (κ2) is 6.51. The number of nitrogens with one attached hydrogen (secondary N) is 1. The zero-order chi connectivity index (χ0) is 15.2. The Morgan fingerprint density at radius 3 is 2.90 bits per heavy atom. The average Bonchev–Trinajstić information content (AvgIpc) is 2.47. The molecule has 0 saturated carbocycles. The molecule has 108 valence electrons. The van der Waals surface area contributed by atoms with E-state index in [2.05, 4.69) is 16.9 Å². The molecule has 1 heterocycles. The molecule has 0 spiro atoms. The molecule has 6 nitrogen and oxygen atoms in total. The Morgan fingerprint density at radius 2 is 2.19 bits per heavy atom. The number of carboxylic acid groups (broad SMARTS) is 1. The highest BCUT2D eigenvalue weighted by molar-refractivity contribution is 6.01. The molecule has 6 heteroatoms. The third kappa shape index (κ3) is 3.56. The maximum atomic E-state index is 12.2. The lowest BCUT2D eigenvalue weighted by Gasteiger charge is -2.20. The van der Waals surface area contributed by atoms with Gasteiger partial charge in [-0.1, -0.05) is 18.2 Å². The Balaban J connectivity index is 2.23. The molecule has 2 rings (SSSR count). The van der Waals surface area contributed by atoms with Crippen molar-refractivity contribution in [2.45, 2.75) is 0 Å². The Hall–Kier alpha value is -2.89. The van der Waals surface area contributed by atoms with Gasteiger partial charge in [-0.2, -0.15) is 0 Å². The quantitative estimate of drug-likeness (QED) is 0.826.